The molecule has 0 bridgehead atoms. The number of pyridine rings is 1. The van der Waals surface area contributed by atoms with Crippen LogP contribution in [0.15, 0.2) is 42.6 Å². The summed E-state index contributed by atoms with van der Waals surface area (Å²) in [5, 5.41) is 2.97. The molecule has 1 aromatic carbocycles. The Kier molecular flexibility index (Phi) is 3.33. The lowest BCUT2D eigenvalue weighted by Gasteiger charge is -2.09. The van der Waals surface area contributed by atoms with E-state index in [0.717, 1.165) is 24.1 Å². The van der Waals surface area contributed by atoms with E-state index in [1.807, 2.05) is 6.07 Å². The number of anilines is 2. The molecule has 3 rings (SSSR count). The molecule has 6 heteroatoms. The first-order chi connectivity index (χ1) is 9.93. The molecule has 3 nitrogen and oxygen atoms in total. The number of nitrogens with two attached hydrogens (primary N) is 1. The van der Waals surface area contributed by atoms with E-state index in [0.29, 0.717) is 17.4 Å². The second-order valence-electron chi connectivity index (χ2n) is 5.18. The van der Waals surface area contributed by atoms with Crippen LogP contribution in [0.25, 0.3) is 0 Å². The van der Waals surface area contributed by atoms with Gasteiger partial charge < -0.3 is 11.1 Å². The second-order valence-corrected chi connectivity index (χ2v) is 5.18. The molecule has 0 saturated heterocycles. The van der Waals surface area contributed by atoms with Crippen molar-refractivity contribution in [2.75, 3.05) is 5.32 Å². The minimum absolute atomic E-state index is 0.223. The Labute approximate surface area is 120 Å². The molecule has 0 unspecified atom stereocenters. The van der Waals surface area contributed by atoms with E-state index in [-0.39, 0.29) is 6.04 Å². The molecule has 0 amide bonds. The van der Waals surface area contributed by atoms with Gasteiger partial charge in [0.15, 0.2) is 0 Å². The zero-order valence-electron chi connectivity index (χ0n) is 11.1. The van der Waals surface area contributed by atoms with Crippen LogP contribution in [0, 0.1) is 0 Å². The Morgan fingerprint density at radius 3 is 2.24 bits per heavy atom. The minimum Gasteiger partial charge on any atom is -0.340 e. The normalized spacial score (nSPS) is 21.1. The van der Waals surface area contributed by atoms with Crippen LogP contribution in [0.1, 0.15) is 23.5 Å². The maximum atomic E-state index is 12.5. The highest BCUT2D eigenvalue weighted by Gasteiger charge is 2.34. The van der Waals surface area contributed by atoms with Crippen molar-refractivity contribution in [3.63, 3.8) is 0 Å². The van der Waals surface area contributed by atoms with Gasteiger partial charge in [0.1, 0.15) is 5.82 Å². The van der Waals surface area contributed by atoms with Crippen LogP contribution in [0.2, 0.25) is 0 Å². The lowest BCUT2D eigenvalue weighted by atomic mass is 10.2. The molecule has 3 N–H and O–H groups in total. The zero-order valence-corrected chi connectivity index (χ0v) is 11.1. The van der Waals surface area contributed by atoms with E-state index in [4.69, 9.17) is 5.73 Å². The Morgan fingerprint density at radius 2 is 1.76 bits per heavy atom. The number of aromatic nitrogens is 1. The van der Waals surface area contributed by atoms with Crippen LogP contribution in [0.4, 0.5) is 24.7 Å². The van der Waals surface area contributed by atoms with E-state index in [1.165, 1.54) is 12.1 Å². The fourth-order valence-electron chi connectivity index (χ4n) is 2.19. The molecule has 21 heavy (non-hydrogen) atoms. The summed E-state index contributed by atoms with van der Waals surface area (Å²) in [7, 11) is 0. The SMILES string of the molecule is N[C@@H]1C[C@H]1c1ccc(Nc2ccc(C(F)(F)F)cc2)nc1. The molecule has 1 aromatic heterocycles. The van der Waals surface area contributed by atoms with Gasteiger partial charge in [-0.25, -0.2) is 4.98 Å². The number of nitrogens with one attached hydrogen (secondary N) is 1. The topological polar surface area (TPSA) is 50.9 Å². The highest BCUT2D eigenvalue weighted by molar-refractivity contribution is 5.56. The molecule has 1 heterocycles. The summed E-state index contributed by atoms with van der Waals surface area (Å²) in [5.41, 5.74) is 6.77. The summed E-state index contributed by atoms with van der Waals surface area (Å²) in [5.74, 6) is 0.977. The minimum atomic E-state index is -4.32. The molecule has 2 atom stereocenters. The summed E-state index contributed by atoms with van der Waals surface area (Å²) in [6.45, 7) is 0. The number of hydrogen-bond donors (Lipinski definition) is 2. The average molecular weight is 293 g/mol. The van der Waals surface area contributed by atoms with Crippen molar-refractivity contribution in [3.8, 4) is 0 Å². The van der Waals surface area contributed by atoms with Gasteiger partial charge >= 0.3 is 6.18 Å². The van der Waals surface area contributed by atoms with Crippen molar-refractivity contribution in [2.24, 2.45) is 5.73 Å². The molecule has 1 aliphatic rings. The molecular formula is C15H14F3N3. The third-order valence-electron chi connectivity index (χ3n) is 3.54. The van der Waals surface area contributed by atoms with Crippen LogP contribution in [-0.4, -0.2) is 11.0 Å². The van der Waals surface area contributed by atoms with Gasteiger partial charge in [0.25, 0.3) is 0 Å². The lowest BCUT2D eigenvalue weighted by molar-refractivity contribution is -0.137. The molecular weight excluding hydrogens is 279 g/mol. The molecule has 1 saturated carbocycles. The van der Waals surface area contributed by atoms with E-state index in [2.05, 4.69) is 10.3 Å². The van der Waals surface area contributed by atoms with Crippen LogP contribution < -0.4 is 11.1 Å². The Bertz CT molecular complexity index is 620. The quantitative estimate of drug-likeness (QED) is 0.908. The van der Waals surface area contributed by atoms with E-state index >= 15 is 0 Å². The first kappa shape index (κ1) is 13.9. The molecule has 1 fully saturated rings. The van der Waals surface area contributed by atoms with E-state index < -0.39 is 11.7 Å². The molecule has 110 valence electrons. The van der Waals surface area contributed by atoms with Crippen molar-refractivity contribution in [1.82, 2.24) is 4.98 Å². The summed E-state index contributed by atoms with van der Waals surface area (Å²) in [6.07, 6.45) is -1.58. The maximum absolute atomic E-state index is 12.5. The maximum Gasteiger partial charge on any atom is 0.416 e. The molecule has 2 aromatic rings. The molecule has 0 spiro atoms. The molecule has 1 aliphatic carbocycles. The van der Waals surface area contributed by atoms with Gasteiger partial charge in [0.05, 0.1) is 5.56 Å². The van der Waals surface area contributed by atoms with E-state index in [9.17, 15) is 13.2 Å². The van der Waals surface area contributed by atoms with Gasteiger partial charge in [-0.3, -0.25) is 0 Å². The number of alkyl halides is 3. The second kappa shape index (κ2) is 5.04. The Balaban J connectivity index is 1.68. The third kappa shape index (κ3) is 3.16. The van der Waals surface area contributed by atoms with Crippen molar-refractivity contribution in [1.29, 1.82) is 0 Å². The predicted octanol–water partition coefficient (Wildman–Crippen LogP) is 3.66. The average Bonchev–Trinajstić information content (AvgIpc) is 3.16. The van der Waals surface area contributed by atoms with Crippen molar-refractivity contribution in [2.45, 2.75) is 24.6 Å². The van der Waals surface area contributed by atoms with Crippen LogP contribution >= 0.6 is 0 Å². The van der Waals surface area contributed by atoms with Gasteiger partial charge in [0.2, 0.25) is 0 Å². The summed E-state index contributed by atoms with van der Waals surface area (Å²) in [4.78, 5) is 4.25. The first-order valence-corrected chi connectivity index (χ1v) is 6.59. The Morgan fingerprint density at radius 1 is 1.10 bits per heavy atom. The van der Waals surface area contributed by atoms with Crippen molar-refractivity contribution < 1.29 is 13.2 Å². The zero-order chi connectivity index (χ0) is 15.0. The van der Waals surface area contributed by atoms with E-state index in [1.54, 1.807) is 12.3 Å². The van der Waals surface area contributed by atoms with Crippen LogP contribution in [0.5, 0.6) is 0 Å². The first-order valence-electron chi connectivity index (χ1n) is 6.59. The van der Waals surface area contributed by atoms with Gasteiger partial charge in [-0.1, -0.05) is 6.07 Å². The fourth-order valence-corrected chi connectivity index (χ4v) is 2.19. The van der Waals surface area contributed by atoms with Crippen LogP contribution in [0.3, 0.4) is 0 Å². The van der Waals surface area contributed by atoms with Gasteiger partial charge in [-0.15, -0.1) is 0 Å². The summed E-state index contributed by atoms with van der Waals surface area (Å²) in [6, 6.07) is 8.82. The third-order valence-corrected chi connectivity index (χ3v) is 3.54. The monoisotopic (exact) mass is 293 g/mol. The predicted molar refractivity (Wildman–Crippen MR) is 74.3 cm³/mol. The van der Waals surface area contributed by atoms with Crippen molar-refractivity contribution in [3.05, 3.63) is 53.7 Å². The lowest BCUT2D eigenvalue weighted by Crippen LogP contribution is -2.04. The number of rotatable bonds is 3. The highest BCUT2D eigenvalue weighted by Crippen LogP contribution is 2.38. The number of nitrogens with zero attached hydrogens (tertiary/aromatic N) is 1. The van der Waals surface area contributed by atoms with Gasteiger partial charge in [-0.2, -0.15) is 13.2 Å². The number of benzene rings is 1. The summed E-state index contributed by atoms with van der Waals surface area (Å²) < 4.78 is 37.4. The highest BCUT2D eigenvalue weighted by atomic mass is 19.4. The smallest absolute Gasteiger partial charge is 0.340 e. The molecule has 0 aliphatic heterocycles. The van der Waals surface area contributed by atoms with Crippen molar-refractivity contribution >= 4 is 11.5 Å². The number of hydrogen-bond acceptors (Lipinski definition) is 3. The Hall–Kier alpha value is -2.08. The molecule has 0 radical (unpaired) electrons. The van der Waals surface area contributed by atoms with Crippen LogP contribution in [-0.2, 0) is 6.18 Å². The van der Waals surface area contributed by atoms with Gasteiger partial charge in [0, 0.05) is 23.8 Å². The number of halogens is 3. The standard InChI is InChI=1S/C15H14F3N3/c16-15(17,18)10-2-4-11(5-3-10)21-14-6-1-9(8-20-14)12-7-13(12)19/h1-6,8,12-13H,7,19H2,(H,20,21)/t12-,13+/m0/s1. The summed E-state index contributed by atoms with van der Waals surface area (Å²) >= 11 is 0. The largest absolute Gasteiger partial charge is 0.416 e. The fraction of sp³-hybridized carbons (Fsp3) is 0.267. The van der Waals surface area contributed by atoms with Gasteiger partial charge in [-0.05, 0) is 42.3 Å².